The normalized spacial score (nSPS) is 17.0. The fourth-order valence-corrected chi connectivity index (χ4v) is 3.70. The first kappa shape index (κ1) is 18.6. The van der Waals surface area contributed by atoms with Crippen LogP contribution in [0.25, 0.3) is 0 Å². The van der Waals surface area contributed by atoms with E-state index >= 15 is 0 Å². The van der Waals surface area contributed by atoms with Gasteiger partial charge in [0.25, 0.3) is 5.91 Å². The second-order valence-electron chi connectivity index (χ2n) is 6.96. The van der Waals surface area contributed by atoms with E-state index < -0.39 is 0 Å². The van der Waals surface area contributed by atoms with Gasteiger partial charge >= 0.3 is 0 Å². The number of hydrogen-bond donors (Lipinski definition) is 1. The summed E-state index contributed by atoms with van der Waals surface area (Å²) in [6.45, 7) is 5.16. The first-order chi connectivity index (χ1) is 12.4. The Bertz CT molecular complexity index is 797. The van der Waals surface area contributed by atoms with Crippen LogP contribution in [0.15, 0.2) is 46.9 Å². The number of anilines is 1. The highest BCUT2D eigenvalue weighted by molar-refractivity contribution is 9.10. The van der Waals surface area contributed by atoms with Crippen molar-refractivity contribution in [3.63, 3.8) is 0 Å². The van der Waals surface area contributed by atoms with Gasteiger partial charge in [0.15, 0.2) is 0 Å². The zero-order valence-electron chi connectivity index (χ0n) is 15.1. The van der Waals surface area contributed by atoms with E-state index in [4.69, 9.17) is 0 Å². The zero-order valence-corrected chi connectivity index (χ0v) is 16.7. The molecule has 1 heterocycles. The van der Waals surface area contributed by atoms with E-state index in [0.717, 1.165) is 34.1 Å². The minimum atomic E-state index is -0.178. The quantitative estimate of drug-likeness (QED) is 0.799. The van der Waals surface area contributed by atoms with Crippen molar-refractivity contribution in [3.8, 4) is 0 Å². The van der Waals surface area contributed by atoms with Gasteiger partial charge in [-0.3, -0.25) is 9.59 Å². The van der Waals surface area contributed by atoms with Crippen LogP contribution in [0.5, 0.6) is 0 Å². The Hall–Kier alpha value is -2.14. The van der Waals surface area contributed by atoms with Gasteiger partial charge in [-0.15, -0.1) is 0 Å². The van der Waals surface area contributed by atoms with E-state index in [9.17, 15) is 9.59 Å². The van der Waals surface area contributed by atoms with Crippen molar-refractivity contribution >= 4 is 33.4 Å². The second-order valence-corrected chi connectivity index (χ2v) is 7.88. The third-order valence-electron chi connectivity index (χ3n) is 4.66. The molecule has 0 bridgehead atoms. The fraction of sp³-hybridized carbons (Fsp3) is 0.333. The van der Waals surface area contributed by atoms with Gasteiger partial charge in [0, 0.05) is 28.8 Å². The predicted octanol–water partition coefficient (Wildman–Crippen LogP) is 4.56. The average Bonchev–Trinajstić information content (AvgIpc) is 2.62. The Balaban J connectivity index is 1.67. The van der Waals surface area contributed by atoms with E-state index in [1.807, 2.05) is 55.1 Å². The van der Waals surface area contributed by atoms with Crippen LogP contribution in [0.3, 0.4) is 0 Å². The molecule has 1 fully saturated rings. The van der Waals surface area contributed by atoms with Crippen molar-refractivity contribution in [2.24, 2.45) is 5.92 Å². The van der Waals surface area contributed by atoms with Gasteiger partial charge in [0.1, 0.15) is 0 Å². The molecule has 5 heteroatoms. The van der Waals surface area contributed by atoms with Crippen LogP contribution in [0.1, 0.15) is 34.3 Å². The van der Waals surface area contributed by atoms with Crippen LogP contribution in [-0.4, -0.2) is 29.8 Å². The molecule has 1 atom stereocenters. The Morgan fingerprint density at radius 3 is 2.38 bits per heavy atom. The van der Waals surface area contributed by atoms with E-state index in [1.165, 1.54) is 0 Å². The van der Waals surface area contributed by atoms with Gasteiger partial charge in [-0.25, -0.2) is 0 Å². The molecular formula is C21H23BrN2O2. The van der Waals surface area contributed by atoms with Crippen molar-refractivity contribution < 1.29 is 9.59 Å². The number of hydrogen-bond acceptors (Lipinski definition) is 2. The first-order valence-electron chi connectivity index (χ1n) is 8.86. The Labute approximate surface area is 162 Å². The molecule has 0 radical (unpaired) electrons. The number of carbonyl (C=O) groups is 2. The average molecular weight is 415 g/mol. The third-order valence-corrected chi connectivity index (χ3v) is 5.19. The lowest BCUT2D eigenvalue weighted by Gasteiger charge is -2.32. The molecular weight excluding hydrogens is 392 g/mol. The standard InChI is InChI=1S/C21H23BrN2O2/c1-14-10-15(2)12-17(11-14)21(26)24-9-3-4-16(13-24)20(25)23-19-7-5-18(22)6-8-19/h5-8,10-12,16H,3-4,9,13H2,1-2H3,(H,23,25). The highest BCUT2D eigenvalue weighted by Crippen LogP contribution is 2.22. The van der Waals surface area contributed by atoms with Crippen molar-refractivity contribution in [3.05, 3.63) is 63.6 Å². The lowest BCUT2D eigenvalue weighted by Crippen LogP contribution is -2.43. The van der Waals surface area contributed by atoms with Crippen LogP contribution >= 0.6 is 15.9 Å². The number of benzene rings is 2. The van der Waals surface area contributed by atoms with Crippen molar-refractivity contribution in [1.82, 2.24) is 4.90 Å². The Morgan fingerprint density at radius 1 is 1.08 bits per heavy atom. The van der Waals surface area contributed by atoms with Crippen LogP contribution in [-0.2, 0) is 4.79 Å². The van der Waals surface area contributed by atoms with E-state index in [0.29, 0.717) is 18.7 Å². The fourth-order valence-electron chi connectivity index (χ4n) is 3.43. The monoisotopic (exact) mass is 414 g/mol. The molecule has 0 aromatic heterocycles. The summed E-state index contributed by atoms with van der Waals surface area (Å²) in [6, 6.07) is 13.4. The molecule has 1 aliphatic rings. The van der Waals surface area contributed by atoms with Gasteiger partial charge < -0.3 is 10.2 Å². The van der Waals surface area contributed by atoms with E-state index in [1.54, 1.807) is 0 Å². The van der Waals surface area contributed by atoms with Crippen LogP contribution in [0, 0.1) is 19.8 Å². The summed E-state index contributed by atoms with van der Waals surface area (Å²) in [7, 11) is 0. The SMILES string of the molecule is Cc1cc(C)cc(C(=O)N2CCCC(C(=O)Nc3ccc(Br)cc3)C2)c1. The maximum atomic E-state index is 12.9. The lowest BCUT2D eigenvalue weighted by atomic mass is 9.96. The molecule has 136 valence electrons. The highest BCUT2D eigenvalue weighted by atomic mass is 79.9. The maximum Gasteiger partial charge on any atom is 0.253 e. The first-order valence-corrected chi connectivity index (χ1v) is 9.65. The second kappa shape index (κ2) is 8.04. The summed E-state index contributed by atoms with van der Waals surface area (Å²) in [5, 5.41) is 2.96. The summed E-state index contributed by atoms with van der Waals surface area (Å²) in [5.41, 5.74) is 3.64. The van der Waals surface area contributed by atoms with Gasteiger partial charge in [0.05, 0.1) is 5.92 Å². The number of likely N-dealkylation sites (tertiary alicyclic amines) is 1. The van der Waals surface area contributed by atoms with Gasteiger partial charge in [-0.2, -0.15) is 0 Å². The summed E-state index contributed by atoms with van der Waals surface area (Å²) in [5.74, 6) is -0.189. The molecule has 1 unspecified atom stereocenters. The van der Waals surface area contributed by atoms with E-state index in [2.05, 4.69) is 27.3 Å². The number of carbonyl (C=O) groups excluding carboxylic acids is 2. The van der Waals surface area contributed by atoms with Gasteiger partial charge in [-0.05, 0) is 63.1 Å². The molecule has 2 aromatic carbocycles. The Morgan fingerprint density at radius 2 is 1.73 bits per heavy atom. The molecule has 4 nitrogen and oxygen atoms in total. The molecule has 0 spiro atoms. The molecule has 0 aliphatic carbocycles. The maximum absolute atomic E-state index is 12.9. The molecule has 3 rings (SSSR count). The molecule has 2 aromatic rings. The number of aryl methyl sites for hydroxylation is 2. The molecule has 0 saturated carbocycles. The molecule has 1 aliphatic heterocycles. The minimum Gasteiger partial charge on any atom is -0.338 e. The number of amides is 2. The number of nitrogens with zero attached hydrogens (tertiary/aromatic N) is 1. The van der Waals surface area contributed by atoms with Crippen LogP contribution < -0.4 is 5.32 Å². The van der Waals surface area contributed by atoms with E-state index in [-0.39, 0.29) is 17.7 Å². The van der Waals surface area contributed by atoms with Crippen molar-refractivity contribution in [2.45, 2.75) is 26.7 Å². The number of rotatable bonds is 3. The largest absolute Gasteiger partial charge is 0.338 e. The number of piperidine rings is 1. The lowest BCUT2D eigenvalue weighted by molar-refractivity contribution is -0.121. The van der Waals surface area contributed by atoms with Gasteiger partial charge in [0.2, 0.25) is 5.91 Å². The molecule has 1 N–H and O–H groups in total. The molecule has 26 heavy (non-hydrogen) atoms. The zero-order chi connectivity index (χ0) is 18.7. The number of halogens is 1. The van der Waals surface area contributed by atoms with Crippen LogP contribution in [0.2, 0.25) is 0 Å². The third kappa shape index (κ3) is 4.52. The summed E-state index contributed by atoms with van der Waals surface area (Å²) >= 11 is 3.39. The Kier molecular flexibility index (Phi) is 5.77. The molecule has 2 amide bonds. The van der Waals surface area contributed by atoms with Crippen molar-refractivity contribution in [2.75, 3.05) is 18.4 Å². The summed E-state index contributed by atoms with van der Waals surface area (Å²) in [4.78, 5) is 27.3. The van der Waals surface area contributed by atoms with Crippen LogP contribution in [0.4, 0.5) is 5.69 Å². The summed E-state index contributed by atoms with van der Waals surface area (Å²) < 4.78 is 0.971. The predicted molar refractivity (Wildman–Crippen MR) is 107 cm³/mol. The smallest absolute Gasteiger partial charge is 0.253 e. The van der Waals surface area contributed by atoms with Gasteiger partial charge in [-0.1, -0.05) is 33.1 Å². The minimum absolute atomic E-state index is 0.0120. The summed E-state index contributed by atoms with van der Waals surface area (Å²) in [6.07, 6.45) is 1.65. The topological polar surface area (TPSA) is 49.4 Å². The highest BCUT2D eigenvalue weighted by Gasteiger charge is 2.29. The van der Waals surface area contributed by atoms with Crippen molar-refractivity contribution in [1.29, 1.82) is 0 Å². The number of nitrogens with one attached hydrogen (secondary N) is 1. The molecule has 1 saturated heterocycles.